The standard InChI is InChI=1S/C27H19N9OS2/c1-2-9-30-20(6-1)26(22-8-4-16-38-22)23(19-18-28-13-14-29-19)37-27(24-31-15-17-39-24,21-7-3-12-34-35-21)36(26)25-32-10-5-11-33-25/h1-18,23H. The van der Waals surface area contributed by atoms with Crippen molar-refractivity contribution in [2.24, 2.45) is 0 Å². The fourth-order valence-electron chi connectivity index (χ4n) is 5.10. The summed E-state index contributed by atoms with van der Waals surface area (Å²) in [4.78, 5) is 31.3. The van der Waals surface area contributed by atoms with Crippen molar-refractivity contribution in [3.8, 4) is 0 Å². The minimum Gasteiger partial charge on any atom is -0.331 e. The summed E-state index contributed by atoms with van der Waals surface area (Å²) < 4.78 is 7.28. The third-order valence-corrected chi connectivity index (χ3v) is 8.39. The molecule has 1 saturated heterocycles. The lowest BCUT2D eigenvalue weighted by atomic mass is 9.83. The maximum atomic E-state index is 7.28. The molecule has 12 heteroatoms. The van der Waals surface area contributed by atoms with Gasteiger partial charge in [-0.25, -0.2) is 15.0 Å². The van der Waals surface area contributed by atoms with Crippen LogP contribution in [0.15, 0.2) is 109 Å². The van der Waals surface area contributed by atoms with Crippen LogP contribution in [0, 0.1) is 0 Å². The Hall–Kier alpha value is -4.52. The second-order valence-electron chi connectivity index (χ2n) is 8.56. The van der Waals surface area contributed by atoms with Crippen molar-refractivity contribution in [2.75, 3.05) is 4.90 Å². The highest BCUT2D eigenvalue weighted by molar-refractivity contribution is 7.10. The van der Waals surface area contributed by atoms with Gasteiger partial charge in [-0.1, -0.05) is 12.1 Å². The topological polar surface area (TPSA) is 116 Å². The Kier molecular flexibility index (Phi) is 5.84. The number of anilines is 1. The predicted octanol–water partition coefficient (Wildman–Crippen LogP) is 4.39. The van der Waals surface area contributed by atoms with Crippen molar-refractivity contribution >= 4 is 28.6 Å². The number of ether oxygens (including phenoxy) is 1. The monoisotopic (exact) mass is 549 g/mol. The van der Waals surface area contributed by atoms with Gasteiger partial charge in [0.1, 0.15) is 11.8 Å². The van der Waals surface area contributed by atoms with E-state index in [1.807, 2.05) is 52.1 Å². The summed E-state index contributed by atoms with van der Waals surface area (Å²) in [5.74, 6) is 0.406. The highest BCUT2D eigenvalue weighted by Gasteiger charge is 2.69. The van der Waals surface area contributed by atoms with Crippen molar-refractivity contribution in [3.05, 3.63) is 136 Å². The van der Waals surface area contributed by atoms with Crippen LogP contribution in [0.1, 0.15) is 33.1 Å². The molecule has 39 heavy (non-hydrogen) atoms. The van der Waals surface area contributed by atoms with Crippen molar-refractivity contribution < 1.29 is 4.74 Å². The van der Waals surface area contributed by atoms with Crippen LogP contribution in [-0.2, 0) is 16.0 Å². The van der Waals surface area contributed by atoms with Gasteiger partial charge >= 0.3 is 0 Å². The molecule has 0 radical (unpaired) electrons. The van der Waals surface area contributed by atoms with Crippen molar-refractivity contribution in [3.63, 3.8) is 0 Å². The summed E-state index contributed by atoms with van der Waals surface area (Å²) in [6.07, 6.45) is 12.8. The molecule has 1 aliphatic heterocycles. The quantitative estimate of drug-likeness (QED) is 0.296. The number of hydrogen-bond donors (Lipinski definition) is 0. The zero-order chi connectivity index (χ0) is 26.1. The molecule has 0 aliphatic carbocycles. The molecule has 0 bridgehead atoms. The molecule has 0 amide bonds. The normalized spacial score (nSPS) is 22.7. The molecule has 0 spiro atoms. The van der Waals surface area contributed by atoms with Crippen LogP contribution >= 0.6 is 22.7 Å². The first-order valence-electron chi connectivity index (χ1n) is 12.0. The number of aromatic nitrogens is 8. The third-order valence-electron chi connectivity index (χ3n) is 6.53. The summed E-state index contributed by atoms with van der Waals surface area (Å²) in [7, 11) is 0. The molecule has 0 saturated carbocycles. The van der Waals surface area contributed by atoms with E-state index in [1.165, 1.54) is 11.3 Å². The highest BCUT2D eigenvalue weighted by Crippen LogP contribution is 2.62. The summed E-state index contributed by atoms with van der Waals surface area (Å²) in [6.45, 7) is 0. The van der Waals surface area contributed by atoms with E-state index in [2.05, 4.69) is 21.2 Å². The Morgan fingerprint density at radius 1 is 0.718 bits per heavy atom. The van der Waals surface area contributed by atoms with E-state index in [0.717, 1.165) is 10.6 Å². The number of thiazole rings is 1. The zero-order valence-electron chi connectivity index (χ0n) is 20.2. The third kappa shape index (κ3) is 3.56. The van der Waals surface area contributed by atoms with Gasteiger partial charge in [-0.2, -0.15) is 10.2 Å². The molecule has 3 atom stereocenters. The van der Waals surface area contributed by atoms with Crippen LogP contribution in [0.25, 0.3) is 0 Å². The van der Waals surface area contributed by atoms with Gasteiger partial charge in [-0.15, -0.1) is 22.7 Å². The molecule has 0 aromatic carbocycles. The van der Waals surface area contributed by atoms with E-state index in [4.69, 9.17) is 29.7 Å². The summed E-state index contributed by atoms with van der Waals surface area (Å²) in [6, 6.07) is 15.4. The van der Waals surface area contributed by atoms with E-state index >= 15 is 0 Å². The van der Waals surface area contributed by atoms with Gasteiger partial charge in [0.05, 0.1) is 17.6 Å². The lowest BCUT2D eigenvalue weighted by molar-refractivity contribution is -0.0293. The number of hydrogen-bond acceptors (Lipinski definition) is 12. The van der Waals surface area contributed by atoms with E-state index in [9.17, 15) is 0 Å². The second-order valence-corrected chi connectivity index (χ2v) is 10.4. The molecular weight excluding hydrogens is 530 g/mol. The molecule has 6 aromatic rings. The summed E-state index contributed by atoms with van der Waals surface area (Å²) in [5.41, 5.74) is -0.642. The van der Waals surface area contributed by atoms with Crippen LogP contribution in [0.2, 0.25) is 0 Å². The van der Waals surface area contributed by atoms with Crippen molar-refractivity contribution in [2.45, 2.75) is 17.4 Å². The molecule has 10 nitrogen and oxygen atoms in total. The van der Waals surface area contributed by atoms with Gasteiger partial charge < -0.3 is 4.74 Å². The van der Waals surface area contributed by atoms with Gasteiger partial charge in [-0.3, -0.25) is 19.9 Å². The van der Waals surface area contributed by atoms with Gasteiger partial charge in [0.2, 0.25) is 11.7 Å². The van der Waals surface area contributed by atoms with Gasteiger partial charge in [0, 0.05) is 53.6 Å². The Morgan fingerprint density at radius 3 is 2.31 bits per heavy atom. The Balaban J connectivity index is 1.67. The Labute approximate surface area is 231 Å². The average molecular weight is 550 g/mol. The molecule has 1 fully saturated rings. The maximum Gasteiger partial charge on any atom is 0.244 e. The van der Waals surface area contributed by atoms with Crippen LogP contribution in [0.5, 0.6) is 0 Å². The van der Waals surface area contributed by atoms with E-state index < -0.39 is 17.4 Å². The minimum atomic E-state index is -1.40. The number of rotatable bonds is 6. The smallest absolute Gasteiger partial charge is 0.244 e. The molecule has 6 aromatic heterocycles. The Bertz CT molecular complexity index is 1640. The molecular formula is C27H19N9OS2. The first-order valence-corrected chi connectivity index (χ1v) is 13.8. The van der Waals surface area contributed by atoms with Crippen LogP contribution in [-0.4, -0.2) is 40.1 Å². The van der Waals surface area contributed by atoms with Gasteiger partial charge in [-0.05, 0) is 41.8 Å². The predicted molar refractivity (Wildman–Crippen MR) is 145 cm³/mol. The van der Waals surface area contributed by atoms with Gasteiger partial charge in [0.25, 0.3) is 0 Å². The van der Waals surface area contributed by atoms with E-state index in [-0.39, 0.29) is 0 Å². The molecule has 7 heterocycles. The molecule has 7 rings (SSSR count). The van der Waals surface area contributed by atoms with E-state index in [0.29, 0.717) is 22.3 Å². The lowest BCUT2D eigenvalue weighted by Gasteiger charge is -2.43. The fraction of sp³-hybridized carbons (Fsp3) is 0.111. The summed E-state index contributed by atoms with van der Waals surface area (Å²) in [5, 5.41) is 13.4. The fourth-order valence-corrected chi connectivity index (χ4v) is 6.82. The van der Waals surface area contributed by atoms with Crippen molar-refractivity contribution in [1.29, 1.82) is 0 Å². The molecule has 190 valence electrons. The zero-order valence-corrected chi connectivity index (χ0v) is 21.9. The SMILES string of the molecule is c1ccc(C2(c3cccs3)C(c3cnccn3)OC(c3cccnn3)(c3nccs3)N2c2ncccn2)nc1. The van der Waals surface area contributed by atoms with Crippen LogP contribution in [0.4, 0.5) is 5.95 Å². The number of pyridine rings is 1. The van der Waals surface area contributed by atoms with Crippen LogP contribution in [0.3, 0.4) is 0 Å². The van der Waals surface area contributed by atoms with Crippen LogP contribution < -0.4 is 4.90 Å². The summed E-state index contributed by atoms with van der Waals surface area (Å²) >= 11 is 3.03. The van der Waals surface area contributed by atoms with Crippen molar-refractivity contribution in [1.82, 2.24) is 40.1 Å². The first kappa shape index (κ1) is 23.6. The molecule has 0 N–H and O–H groups in total. The number of thiophene rings is 1. The largest absolute Gasteiger partial charge is 0.331 e. The van der Waals surface area contributed by atoms with E-state index in [1.54, 1.807) is 67.0 Å². The Morgan fingerprint density at radius 2 is 1.62 bits per heavy atom. The minimum absolute atomic E-state index is 0.406. The number of nitrogens with zero attached hydrogens (tertiary/aromatic N) is 9. The first-order chi connectivity index (χ1) is 19.3. The highest BCUT2D eigenvalue weighted by atomic mass is 32.1. The maximum absolute atomic E-state index is 7.28. The second kappa shape index (κ2) is 9.66. The average Bonchev–Trinajstić information content (AvgIpc) is 3.80. The molecule has 3 unspecified atom stereocenters. The lowest BCUT2D eigenvalue weighted by Crippen LogP contribution is -2.55. The molecule has 1 aliphatic rings. The van der Waals surface area contributed by atoms with Gasteiger partial charge in [0.15, 0.2) is 10.5 Å².